The van der Waals surface area contributed by atoms with Gasteiger partial charge in [0, 0.05) is 43.3 Å². The van der Waals surface area contributed by atoms with Gasteiger partial charge in [-0.15, -0.1) is 0 Å². The van der Waals surface area contributed by atoms with Gasteiger partial charge in [-0.3, -0.25) is 24.3 Å². The van der Waals surface area contributed by atoms with E-state index in [0.29, 0.717) is 16.9 Å². The minimum absolute atomic E-state index is 0.0142. The highest BCUT2D eigenvalue weighted by Gasteiger charge is 2.40. The molecule has 2 saturated heterocycles. The van der Waals surface area contributed by atoms with Gasteiger partial charge < -0.3 is 15.1 Å². The molecule has 5 rings (SSSR count). The number of aromatic nitrogens is 1. The lowest BCUT2D eigenvalue weighted by molar-refractivity contribution is -0.123. The topological polar surface area (TPSA) is 85.9 Å². The largest absolute Gasteiger partial charge is 0.358 e. The summed E-state index contributed by atoms with van der Waals surface area (Å²) < 4.78 is 0. The van der Waals surface area contributed by atoms with Gasteiger partial charge >= 0.3 is 0 Å². The van der Waals surface area contributed by atoms with Crippen molar-refractivity contribution in [3.63, 3.8) is 0 Å². The molecule has 8 nitrogen and oxygen atoms in total. The number of rotatable bonds is 4. The van der Waals surface area contributed by atoms with Crippen molar-refractivity contribution in [3.8, 4) is 0 Å². The first-order chi connectivity index (χ1) is 15.6. The van der Waals surface area contributed by atoms with Crippen molar-refractivity contribution in [2.24, 2.45) is 0 Å². The molecule has 0 unspecified atom stereocenters. The number of benzene rings is 1. The first kappa shape index (κ1) is 20.5. The Hall–Kier alpha value is -3.42. The first-order valence-corrected chi connectivity index (χ1v) is 11.3. The fourth-order valence-corrected chi connectivity index (χ4v) is 4.94. The van der Waals surface area contributed by atoms with Crippen molar-refractivity contribution in [1.82, 2.24) is 9.88 Å². The van der Waals surface area contributed by atoms with Crippen molar-refractivity contribution in [3.05, 3.63) is 48.3 Å². The van der Waals surface area contributed by atoms with E-state index in [1.165, 1.54) is 0 Å². The highest BCUT2D eigenvalue weighted by Crippen LogP contribution is 2.40. The number of hydrogen-bond donors (Lipinski definition) is 1. The number of carbonyl (C=O) groups is 3. The molecule has 0 aliphatic carbocycles. The number of hydrogen-bond acceptors (Lipinski definition) is 5. The van der Waals surface area contributed by atoms with Crippen LogP contribution in [0.15, 0.2) is 42.7 Å². The second-order valence-corrected chi connectivity index (χ2v) is 8.62. The van der Waals surface area contributed by atoms with E-state index in [1.54, 1.807) is 35.5 Å². The highest BCUT2D eigenvalue weighted by molar-refractivity contribution is 6.11. The number of fused-ring (bicyclic) bond motifs is 3. The smallest absolute Gasteiger partial charge is 0.253 e. The summed E-state index contributed by atoms with van der Waals surface area (Å²) in [4.78, 5) is 48.8. The third-order valence-electron chi connectivity index (χ3n) is 6.54. The van der Waals surface area contributed by atoms with E-state index >= 15 is 0 Å². The average molecular weight is 434 g/mol. The third kappa shape index (κ3) is 3.81. The van der Waals surface area contributed by atoms with E-state index in [9.17, 15) is 14.4 Å². The number of pyridine rings is 1. The Balaban J connectivity index is 1.46. The Labute approximate surface area is 187 Å². The van der Waals surface area contributed by atoms with Gasteiger partial charge in [-0.2, -0.15) is 0 Å². The highest BCUT2D eigenvalue weighted by atomic mass is 16.2. The molecule has 0 bridgehead atoms. The molecule has 2 aromatic rings. The Morgan fingerprint density at radius 1 is 0.969 bits per heavy atom. The molecule has 3 aliphatic heterocycles. The average Bonchev–Trinajstić information content (AvgIpc) is 3.37. The lowest BCUT2D eigenvalue weighted by atomic mass is 9.95. The van der Waals surface area contributed by atoms with Gasteiger partial charge in [0.1, 0.15) is 12.6 Å². The molecular weight excluding hydrogens is 406 g/mol. The molecule has 1 N–H and O–H groups in total. The van der Waals surface area contributed by atoms with E-state index in [4.69, 9.17) is 0 Å². The standard InChI is InChI=1S/C24H27N5O3/c30-22(26-18-8-10-25-11-9-18)16-29-21-15-17(23(31)27-12-3-4-13-27)6-7-19(21)28-14-2-1-5-20(28)24(29)32/h6-11,15,20H,1-5,12-14,16H2,(H,25,26,30)/t20-/m1/s1. The maximum Gasteiger partial charge on any atom is 0.253 e. The molecule has 2 fully saturated rings. The van der Waals surface area contributed by atoms with Gasteiger partial charge in [-0.05, 0) is 62.4 Å². The van der Waals surface area contributed by atoms with Gasteiger partial charge in [0.05, 0.1) is 11.4 Å². The van der Waals surface area contributed by atoms with Crippen LogP contribution in [0, 0.1) is 0 Å². The summed E-state index contributed by atoms with van der Waals surface area (Å²) in [7, 11) is 0. The number of anilines is 3. The number of likely N-dealkylation sites (tertiary alicyclic amines) is 1. The number of nitrogens with zero attached hydrogens (tertiary/aromatic N) is 4. The SMILES string of the molecule is O=C(CN1C(=O)[C@H]2CCCCN2c2ccc(C(=O)N3CCCC3)cc21)Nc1ccncc1. The van der Waals surface area contributed by atoms with Crippen LogP contribution in [0.5, 0.6) is 0 Å². The van der Waals surface area contributed by atoms with E-state index in [0.717, 1.165) is 57.4 Å². The predicted octanol–water partition coefficient (Wildman–Crippen LogP) is 2.66. The Bertz CT molecular complexity index is 1040. The van der Waals surface area contributed by atoms with Crippen LogP contribution in [0.1, 0.15) is 42.5 Å². The Morgan fingerprint density at radius 2 is 1.72 bits per heavy atom. The fourth-order valence-electron chi connectivity index (χ4n) is 4.94. The molecule has 8 heteroatoms. The van der Waals surface area contributed by atoms with Crippen molar-refractivity contribution < 1.29 is 14.4 Å². The van der Waals surface area contributed by atoms with Gasteiger partial charge in [0.15, 0.2) is 0 Å². The first-order valence-electron chi connectivity index (χ1n) is 11.3. The summed E-state index contributed by atoms with van der Waals surface area (Å²) in [5.74, 6) is -0.372. The zero-order valence-corrected chi connectivity index (χ0v) is 18.0. The molecule has 0 saturated carbocycles. The van der Waals surface area contributed by atoms with Crippen LogP contribution >= 0.6 is 0 Å². The molecule has 0 spiro atoms. The molecule has 32 heavy (non-hydrogen) atoms. The summed E-state index contributed by atoms with van der Waals surface area (Å²) in [5, 5.41) is 2.83. The van der Waals surface area contributed by atoms with Gasteiger partial charge in [0.25, 0.3) is 5.91 Å². The minimum Gasteiger partial charge on any atom is -0.358 e. The number of nitrogens with one attached hydrogen (secondary N) is 1. The van der Waals surface area contributed by atoms with Crippen molar-refractivity contribution >= 4 is 34.8 Å². The molecular formula is C24H27N5O3. The zero-order valence-electron chi connectivity index (χ0n) is 18.0. The minimum atomic E-state index is -0.281. The summed E-state index contributed by atoms with van der Waals surface area (Å²) in [6.07, 6.45) is 8.04. The summed E-state index contributed by atoms with van der Waals surface area (Å²) >= 11 is 0. The van der Waals surface area contributed by atoms with Crippen LogP contribution in [0.3, 0.4) is 0 Å². The van der Waals surface area contributed by atoms with Gasteiger partial charge in [-0.25, -0.2) is 0 Å². The monoisotopic (exact) mass is 433 g/mol. The number of amides is 3. The van der Waals surface area contributed by atoms with Crippen LogP contribution in [-0.2, 0) is 9.59 Å². The maximum absolute atomic E-state index is 13.4. The molecule has 3 aliphatic rings. The third-order valence-corrected chi connectivity index (χ3v) is 6.54. The lowest BCUT2D eigenvalue weighted by Gasteiger charge is -2.45. The van der Waals surface area contributed by atoms with Crippen molar-refractivity contribution in [1.29, 1.82) is 0 Å². The molecule has 1 atom stereocenters. The van der Waals surface area contributed by atoms with Crippen molar-refractivity contribution in [2.75, 3.05) is 41.3 Å². The van der Waals surface area contributed by atoms with Crippen LogP contribution in [-0.4, -0.2) is 59.8 Å². The molecule has 166 valence electrons. The molecule has 1 aromatic heterocycles. The Kier molecular flexibility index (Phi) is 5.51. The molecule has 3 amide bonds. The predicted molar refractivity (Wildman–Crippen MR) is 122 cm³/mol. The quantitative estimate of drug-likeness (QED) is 0.801. The second kappa shape index (κ2) is 8.61. The maximum atomic E-state index is 13.4. The normalized spacial score (nSPS) is 20.1. The number of piperidine rings is 1. The van der Waals surface area contributed by atoms with Gasteiger partial charge in [0.2, 0.25) is 11.8 Å². The van der Waals surface area contributed by atoms with Crippen LogP contribution < -0.4 is 15.1 Å². The van der Waals surface area contributed by atoms with Crippen LogP contribution in [0.2, 0.25) is 0 Å². The summed E-state index contributed by atoms with van der Waals surface area (Å²) in [6.45, 7) is 2.24. The van der Waals surface area contributed by atoms with E-state index in [2.05, 4.69) is 15.2 Å². The second-order valence-electron chi connectivity index (χ2n) is 8.62. The van der Waals surface area contributed by atoms with Gasteiger partial charge in [-0.1, -0.05) is 0 Å². The molecule has 1 aromatic carbocycles. The lowest BCUT2D eigenvalue weighted by Crippen LogP contribution is -2.56. The van der Waals surface area contributed by atoms with Crippen molar-refractivity contribution in [2.45, 2.75) is 38.1 Å². The Morgan fingerprint density at radius 3 is 2.50 bits per heavy atom. The number of carbonyl (C=O) groups excluding carboxylic acids is 3. The summed E-state index contributed by atoms with van der Waals surface area (Å²) in [6, 6.07) is 8.75. The van der Waals surface area contributed by atoms with Crippen LogP contribution in [0.25, 0.3) is 0 Å². The van der Waals surface area contributed by atoms with E-state index in [1.807, 2.05) is 17.0 Å². The van der Waals surface area contributed by atoms with E-state index < -0.39 is 0 Å². The molecule has 4 heterocycles. The fraction of sp³-hybridized carbons (Fsp3) is 0.417. The van der Waals surface area contributed by atoms with E-state index in [-0.39, 0.29) is 30.3 Å². The molecule has 0 radical (unpaired) electrons. The zero-order chi connectivity index (χ0) is 22.1. The van der Waals surface area contributed by atoms with Crippen LogP contribution in [0.4, 0.5) is 17.1 Å². The summed E-state index contributed by atoms with van der Waals surface area (Å²) in [5.41, 5.74) is 2.76.